The maximum Gasteiger partial charge on any atom is 0.133 e. The van der Waals surface area contributed by atoms with Gasteiger partial charge in [0.25, 0.3) is 0 Å². The molecule has 1 atom stereocenters. The second kappa shape index (κ2) is 6.74. The van der Waals surface area contributed by atoms with Gasteiger partial charge >= 0.3 is 0 Å². The quantitative estimate of drug-likeness (QED) is 0.745. The molecule has 1 unspecified atom stereocenters. The maximum absolute atomic E-state index is 13.9. The lowest BCUT2D eigenvalue weighted by Crippen LogP contribution is -2.23. The van der Waals surface area contributed by atoms with Gasteiger partial charge in [0.15, 0.2) is 0 Å². The predicted molar refractivity (Wildman–Crippen MR) is 71.3 cm³/mol. The third-order valence-electron chi connectivity index (χ3n) is 3.25. The van der Waals surface area contributed by atoms with E-state index >= 15 is 0 Å². The molecule has 0 spiro atoms. The average Bonchev–Trinajstić information content (AvgIpc) is 2.34. The van der Waals surface area contributed by atoms with Crippen LogP contribution in [0.4, 0.5) is 4.39 Å². The van der Waals surface area contributed by atoms with Crippen molar-refractivity contribution >= 4 is 0 Å². The summed E-state index contributed by atoms with van der Waals surface area (Å²) in [7, 11) is 1.49. The summed E-state index contributed by atoms with van der Waals surface area (Å²) in [6.07, 6.45) is 4.78. The van der Waals surface area contributed by atoms with Crippen LogP contribution in [0.15, 0.2) is 18.2 Å². The van der Waals surface area contributed by atoms with Crippen LogP contribution < -0.4 is 4.74 Å². The highest BCUT2D eigenvalue weighted by atomic mass is 19.1. The molecule has 1 aromatic rings. The van der Waals surface area contributed by atoms with Crippen molar-refractivity contribution in [3.8, 4) is 5.75 Å². The predicted octanol–water partition coefficient (Wildman–Crippen LogP) is 4.01. The van der Waals surface area contributed by atoms with E-state index in [4.69, 9.17) is 4.74 Å². The van der Waals surface area contributed by atoms with Crippen molar-refractivity contribution in [3.05, 3.63) is 29.6 Å². The highest BCUT2D eigenvalue weighted by molar-refractivity contribution is 5.38. The second-order valence-corrected chi connectivity index (χ2v) is 4.90. The van der Waals surface area contributed by atoms with E-state index in [1.165, 1.54) is 13.2 Å². The zero-order valence-electron chi connectivity index (χ0n) is 11.5. The minimum atomic E-state index is -1.18. The highest BCUT2D eigenvalue weighted by Gasteiger charge is 2.29. The Kier molecular flexibility index (Phi) is 5.60. The fraction of sp³-hybridized carbons (Fsp3) is 0.600. The molecular weight excluding hydrogens is 231 g/mol. The Morgan fingerprint density at radius 2 is 2.00 bits per heavy atom. The lowest BCUT2D eigenvalue weighted by Gasteiger charge is -2.26. The highest BCUT2D eigenvalue weighted by Crippen LogP contribution is 2.35. The molecule has 0 heterocycles. The summed E-state index contributed by atoms with van der Waals surface area (Å²) in [5, 5.41) is 10.5. The van der Waals surface area contributed by atoms with Gasteiger partial charge in [-0.3, -0.25) is 0 Å². The molecule has 1 rings (SSSR count). The fourth-order valence-corrected chi connectivity index (χ4v) is 2.22. The Labute approximate surface area is 109 Å². The first-order valence-corrected chi connectivity index (χ1v) is 6.58. The number of unbranched alkanes of at least 4 members (excludes halogenated alkanes) is 3. The largest absolute Gasteiger partial charge is 0.496 e. The number of rotatable bonds is 7. The van der Waals surface area contributed by atoms with E-state index in [2.05, 4.69) is 6.92 Å². The lowest BCUT2D eigenvalue weighted by atomic mass is 9.89. The summed E-state index contributed by atoms with van der Waals surface area (Å²) in [6.45, 7) is 3.79. The molecule has 0 bridgehead atoms. The first-order chi connectivity index (χ1) is 8.53. The Hall–Kier alpha value is -1.09. The van der Waals surface area contributed by atoms with Gasteiger partial charge < -0.3 is 9.84 Å². The summed E-state index contributed by atoms with van der Waals surface area (Å²) in [5.41, 5.74) is -0.909. The second-order valence-electron chi connectivity index (χ2n) is 4.90. The lowest BCUT2D eigenvalue weighted by molar-refractivity contribution is 0.0386. The van der Waals surface area contributed by atoms with Crippen LogP contribution in [0, 0.1) is 5.82 Å². The number of benzene rings is 1. The van der Waals surface area contributed by atoms with Crippen molar-refractivity contribution < 1.29 is 14.2 Å². The van der Waals surface area contributed by atoms with Gasteiger partial charge in [-0.1, -0.05) is 38.7 Å². The molecular formula is C15H23FO2. The van der Waals surface area contributed by atoms with Gasteiger partial charge in [0.1, 0.15) is 11.6 Å². The summed E-state index contributed by atoms with van der Waals surface area (Å²) in [6, 6.07) is 4.63. The molecule has 0 aromatic heterocycles. The molecule has 2 nitrogen and oxygen atoms in total. The van der Waals surface area contributed by atoms with Crippen molar-refractivity contribution in [2.24, 2.45) is 0 Å². The van der Waals surface area contributed by atoms with Gasteiger partial charge in [0, 0.05) is 0 Å². The first kappa shape index (κ1) is 15.0. The van der Waals surface area contributed by atoms with Gasteiger partial charge in [-0.05, 0) is 25.5 Å². The van der Waals surface area contributed by atoms with Crippen LogP contribution in [0.5, 0.6) is 5.75 Å². The van der Waals surface area contributed by atoms with Crippen molar-refractivity contribution in [2.45, 2.75) is 51.6 Å². The van der Waals surface area contributed by atoms with E-state index in [0.29, 0.717) is 12.2 Å². The Balaban J connectivity index is 2.83. The molecule has 0 amide bonds. The van der Waals surface area contributed by atoms with Gasteiger partial charge in [0.2, 0.25) is 0 Å². The van der Waals surface area contributed by atoms with Gasteiger partial charge in [0.05, 0.1) is 18.3 Å². The van der Waals surface area contributed by atoms with Crippen molar-refractivity contribution in [1.82, 2.24) is 0 Å². The smallest absolute Gasteiger partial charge is 0.133 e. The van der Waals surface area contributed by atoms with Crippen molar-refractivity contribution in [2.75, 3.05) is 7.11 Å². The third kappa shape index (κ3) is 3.70. The summed E-state index contributed by atoms with van der Waals surface area (Å²) in [4.78, 5) is 0. The topological polar surface area (TPSA) is 29.5 Å². The first-order valence-electron chi connectivity index (χ1n) is 6.58. The van der Waals surface area contributed by atoms with Crippen LogP contribution >= 0.6 is 0 Å². The van der Waals surface area contributed by atoms with Gasteiger partial charge in [-0.2, -0.15) is 0 Å². The average molecular weight is 254 g/mol. The van der Waals surface area contributed by atoms with E-state index in [9.17, 15) is 9.50 Å². The summed E-state index contributed by atoms with van der Waals surface area (Å²) >= 11 is 0. The van der Waals surface area contributed by atoms with Crippen LogP contribution in [0.25, 0.3) is 0 Å². The van der Waals surface area contributed by atoms with E-state index in [1.807, 2.05) is 0 Å². The van der Waals surface area contributed by atoms with Crippen LogP contribution in [-0.2, 0) is 5.60 Å². The zero-order valence-corrected chi connectivity index (χ0v) is 11.5. The molecule has 0 aliphatic heterocycles. The molecule has 0 radical (unpaired) electrons. The zero-order chi connectivity index (χ0) is 13.6. The molecule has 1 aromatic carbocycles. The minimum absolute atomic E-state index is 0.268. The van der Waals surface area contributed by atoms with Crippen LogP contribution in [0.2, 0.25) is 0 Å². The SMILES string of the molecule is CCCCCCC(C)(O)c1c(F)cccc1OC. The fourth-order valence-electron chi connectivity index (χ4n) is 2.22. The Bertz CT molecular complexity index is 375. The van der Waals surface area contributed by atoms with Gasteiger partial charge in [-0.15, -0.1) is 0 Å². The van der Waals surface area contributed by atoms with Crippen LogP contribution in [0.3, 0.4) is 0 Å². The molecule has 0 aliphatic carbocycles. The van der Waals surface area contributed by atoms with Crippen molar-refractivity contribution in [1.29, 1.82) is 0 Å². The van der Waals surface area contributed by atoms with Crippen LogP contribution in [0.1, 0.15) is 51.5 Å². The van der Waals surface area contributed by atoms with E-state index in [1.54, 1.807) is 19.1 Å². The standard InChI is InChI=1S/C15H23FO2/c1-4-5-6-7-11-15(2,17)14-12(16)9-8-10-13(14)18-3/h8-10,17H,4-7,11H2,1-3H3. The Morgan fingerprint density at radius 1 is 1.28 bits per heavy atom. The molecule has 0 saturated carbocycles. The minimum Gasteiger partial charge on any atom is -0.496 e. The maximum atomic E-state index is 13.9. The van der Waals surface area contributed by atoms with E-state index < -0.39 is 11.4 Å². The number of hydrogen-bond donors (Lipinski definition) is 1. The normalized spacial score (nSPS) is 14.3. The third-order valence-corrected chi connectivity index (χ3v) is 3.25. The molecule has 102 valence electrons. The Morgan fingerprint density at radius 3 is 2.61 bits per heavy atom. The van der Waals surface area contributed by atoms with Crippen molar-refractivity contribution in [3.63, 3.8) is 0 Å². The number of hydrogen-bond acceptors (Lipinski definition) is 2. The number of methoxy groups -OCH3 is 1. The molecule has 1 N–H and O–H groups in total. The molecule has 0 saturated heterocycles. The molecule has 0 fully saturated rings. The summed E-state index contributed by atoms with van der Waals surface area (Å²) < 4.78 is 19.0. The monoisotopic (exact) mass is 254 g/mol. The number of ether oxygens (including phenoxy) is 1. The van der Waals surface area contributed by atoms with Crippen LogP contribution in [-0.4, -0.2) is 12.2 Å². The van der Waals surface area contributed by atoms with E-state index in [0.717, 1.165) is 25.7 Å². The number of halogens is 1. The summed E-state index contributed by atoms with van der Waals surface area (Å²) in [5.74, 6) is 0.00494. The van der Waals surface area contributed by atoms with E-state index in [-0.39, 0.29) is 5.56 Å². The molecule has 3 heteroatoms. The molecule has 18 heavy (non-hydrogen) atoms. The van der Waals surface area contributed by atoms with Gasteiger partial charge in [-0.25, -0.2) is 4.39 Å². The number of aliphatic hydroxyl groups is 1. The molecule has 0 aliphatic rings.